The minimum atomic E-state index is -0.268. The number of pyridine rings is 1. The van der Waals surface area contributed by atoms with Crippen molar-refractivity contribution >= 4 is 5.82 Å². The van der Waals surface area contributed by atoms with Gasteiger partial charge in [0.05, 0.1) is 20.3 Å². The molecule has 0 spiro atoms. The number of aromatic nitrogens is 1. The first-order valence-corrected chi connectivity index (χ1v) is 8.99. The molecule has 0 unspecified atom stereocenters. The van der Waals surface area contributed by atoms with Crippen molar-refractivity contribution < 1.29 is 14.6 Å². The van der Waals surface area contributed by atoms with Gasteiger partial charge in [-0.05, 0) is 36.6 Å². The first-order chi connectivity index (χ1) is 12.7. The lowest BCUT2D eigenvalue weighted by Gasteiger charge is -2.32. The quantitative estimate of drug-likeness (QED) is 0.793. The zero-order chi connectivity index (χ0) is 18.4. The van der Waals surface area contributed by atoms with E-state index in [1.54, 1.807) is 14.2 Å². The van der Waals surface area contributed by atoms with Crippen LogP contribution in [0.25, 0.3) is 0 Å². The van der Waals surface area contributed by atoms with Crippen LogP contribution in [0.5, 0.6) is 11.5 Å². The number of nitrogens with one attached hydrogen (secondary N) is 1. The molecule has 6 nitrogen and oxygen atoms in total. The molecule has 1 fully saturated rings. The molecule has 0 radical (unpaired) electrons. The standard InChI is InChI=1S/C20H27N3O3/c1-25-18-9-15(10-19(11-18)26-2)12-21-13-16-5-3-7-22-20(16)23-8-4-6-17(24)14-23/h3,5,7,9-11,17,21,24H,4,6,8,12-14H2,1-2H3/t17-/m1/s1. The maximum Gasteiger partial charge on any atom is 0.133 e. The van der Waals surface area contributed by atoms with Gasteiger partial charge in [0, 0.05) is 44.0 Å². The molecular weight excluding hydrogens is 330 g/mol. The molecular formula is C20H27N3O3. The highest BCUT2D eigenvalue weighted by Crippen LogP contribution is 2.24. The molecule has 1 aliphatic heterocycles. The van der Waals surface area contributed by atoms with E-state index in [1.807, 2.05) is 30.5 Å². The number of rotatable bonds is 7. The van der Waals surface area contributed by atoms with Crippen molar-refractivity contribution in [1.29, 1.82) is 0 Å². The molecule has 3 rings (SSSR count). The smallest absolute Gasteiger partial charge is 0.133 e. The number of aliphatic hydroxyl groups excluding tert-OH is 1. The van der Waals surface area contributed by atoms with Gasteiger partial charge in [-0.2, -0.15) is 0 Å². The van der Waals surface area contributed by atoms with Crippen LogP contribution in [0.2, 0.25) is 0 Å². The van der Waals surface area contributed by atoms with Gasteiger partial charge in [-0.15, -0.1) is 0 Å². The normalized spacial score (nSPS) is 17.2. The number of ether oxygens (including phenoxy) is 2. The Labute approximate surface area is 154 Å². The lowest BCUT2D eigenvalue weighted by Crippen LogP contribution is -2.39. The highest BCUT2D eigenvalue weighted by atomic mass is 16.5. The molecule has 0 saturated carbocycles. The van der Waals surface area contributed by atoms with Crippen LogP contribution >= 0.6 is 0 Å². The lowest BCUT2D eigenvalue weighted by atomic mass is 10.1. The van der Waals surface area contributed by atoms with Crippen LogP contribution in [-0.2, 0) is 13.1 Å². The topological polar surface area (TPSA) is 66.9 Å². The number of piperidine rings is 1. The molecule has 1 saturated heterocycles. The largest absolute Gasteiger partial charge is 0.497 e. The molecule has 2 aromatic rings. The third-order valence-electron chi connectivity index (χ3n) is 4.62. The molecule has 140 valence electrons. The minimum absolute atomic E-state index is 0.268. The number of benzene rings is 1. The number of aliphatic hydroxyl groups is 1. The van der Waals surface area contributed by atoms with Crippen molar-refractivity contribution in [3.8, 4) is 11.5 Å². The van der Waals surface area contributed by atoms with E-state index < -0.39 is 0 Å². The summed E-state index contributed by atoms with van der Waals surface area (Å²) >= 11 is 0. The first kappa shape index (κ1) is 18.5. The van der Waals surface area contributed by atoms with Gasteiger partial charge in [0.2, 0.25) is 0 Å². The summed E-state index contributed by atoms with van der Waals surface area (Å²) in [6.45, 7) is 2.99. The van der Waals surface area contributed by atoms with Gasteiger partial charge < -0.3 is 24.8 Å². The molecule has 0 bridgehead atoms. The third kappa shape index (κ3) is 4.65. The first-order valence-electron chi connectivity index (χ1n) is 8.99. The summed E-state index contributed by atoms with van der Waals surface area (Å²) in [7, 11) is 3.31. The minimum Gasteiger partial charge on any atom is -0.497 e. The Morgan fingerprint density at radius 3 is 2.65 bits per heavy atom. The zero-order valence-corrected chi connectivity index (χ0v) is 15.4. The summed E-state index contributed by atoms with van der Waals surface area (Å²) in [6, 6.07) is 9.91. The van der Waals surface area contributed by atoms with Gasteiger partial charge in [0.1, 0.15) is 17.3 Å². The van der Waals surface area contributed by atoms with Gasteiger partial charge >= 0.3 is 0 Å². The second-order valence-electron chi connectivity index (χ2n) is 6.55. The molecule has 0 aliphatic carbocycles. The SMILES string of the molecule is COc1cc(CNCc2cccnc2N2CCC[C@@H](O)C2)cc(OC)c1. The van der Waals surface area contributed by atoms with E-state index in [2.05, 4.69) is 21.3 Å². The van der Waals surface area contributed by atoms with Crippen LogP contribution in [0.1, 0.15) is 24.0 Å². The number of methoxy groups -OCH3 is 2. The number of hydrogen-bond acceptors (Lipinski definition) is 6. The number of anilines is 1. The summed E-state index contributed by atoms with van der Waals surface area (Å²) in [5.74, 6) is 2.53. The van der Waals surface area contributed by atoms with Crippen molar-refractivity contribution in [3.05, 3.63) is 47.7 Å². The zero-order valence-electron chi connectivity index (χ0n) is 15.4. The Morgan fingerprint density at radius 1 is 1.19 bits per heavy atom. The van der Waals surface area contributed by atoms with Crippen LogP contribution in [-0.4, -0.2) is 43.5 Å². The highest BCUT2D eigenvalue weighted by molar-refractivity contribution is 5.47. The molecule has 2 N–H and O–H groups in total. The van der Waals surface area contributed by atoms with Gasteiger partial charge in [-0.25, -0.2) is 4.98 Å². The van der Waals surface area contributed by atoms with Crippen molar-refractivity contribution in [1.82, 2.24) is 10.3 Å². The van der Waals surface area contributed by atoms with E-state index >= 15 is 0 Å². The van der Waals surface area contributed by atoms with E-state index in [4.69, 9.17) is 9.47 Å². The average Bonchev–Trinajstić information content (AvgIpc) is 2.68. The second-order valence-corrected chi connectivity index (χ2v) is 6.55. The van der Waals surface area contributed by atoms with E-state index in [0.717, 1.165) is 47.8 Å². The van der Waals surface area contributed by atoms with Crippen LogP contribution in [0.3, 0.4) is 0 Å². The molecule has 6 heteroatoms. The fourth-order valence-corrected chi connectivity index (χ4v) is 3.31. The monoisotopic (exact) mass is 357 g/mol. The van der Waals surface area contributed by atoms with Gasteiger partial charge in [0.25, 0.3) is 0 Å². The molecule has 1 aromatic heterocycles. The van der Waals surface area contributed by atoms with Gasteiger partial charge in [-0.1, -0.05) is 6.07 Å². The number of hydrogen-bond donors (Lipinski definition) is 2. The number of β-amino-alcohol motifs (C(OH)–C–C–N with tert-alkyl or cyclic N) is 1. The maximum absolute atomic E-state index is 9.95. The average molecular weight is 357 g/mol. The molecule has 1 atom stereocenters. The number of nitrogens with zero attached hydrogens (tertiary/aromatic N) is 2. The summed E-state index contributed by atoms with van der Waals surface area (Å²) in [5.41, 5.74) is 2.23. The molecule has 26 heavy (non-hydrogen) atoms. The second kappa shape index (κ2) is 8.87. The van der Waals surface area contributed by atoms with Crippen LogP contribution < -0.4 is 19.7 Å². The van der Waals surface area contributed by atoms with E-state index in [1.165, 1.54) is 0 Å². The fourth-order valence-electron chi connectivity index (χ4n) is 3.31. The summed E-state index contributed by atoms with van der Waals surface area (Å²) in [4.78, 5) is 6.73. The summed E-state index contributed by atoms with van der Waals surface area (Å²) in [5, 5.41) is 13.4. The lowest BCUT2D eigenvalue weighted by molar-refractivity contribution is 0.154. The van der Waals surface area contributed by atoms with Gasteiger partial charge in [0.15, 0.2) is 0 Å². The van der Waals surface area contributed by atoms with Crippen molar-refractivity contribution in [3.63, 3.8) is 0 Å². The summed E-state index contributed by atoms with van der Waals surface area (Å²) in [6.07, 6.45) is 3.41. The van der Waals surface area contributed by atoms with Crippen molar-refractivity contribution in [2.75, 3.05) is 32.2 Å². The molecule has 1 aromatic carbocycles. The molecule has 1 aliphatic rings. The van der Waals surface area contributed by atoms with Crippen molar-refractivity contribution in [2.45, 2.75) is 32.0 Å². The molecule has 2 heterocycles. The van der Waals surface area contributed by atoms with E-state index in [-0.39, 0.29) is 6.10 Å². The Kier molecular flexibility index (Phi) is 6.30. The Hall–Kier alpha value is -2.31. The predicted molar refractivity (Wildman–Crippen MR) is 102 cm³/mol. The van der Waals surface area contributed by atoms with Crippen LogP contribution in [0.15, 0.2) is 36.5 Å². The van der Waals surface area contributed by atoms with Crippen LogP contribution in [0, 0.1) is 0 Å². The van der Waals surface area contributed by atoms with Crippen LogP contribution in [0.4, 0.5) is 5.82 Å². The van der Waals surface area contributed by atoms with E-state index in [9.17, 15) is 5.11 Å². The fraction of sp³-hybridized carbons (Fsp3) is 0.450. The highest BCUT2D eigenvalue weighted by Gasteiger charge is 2.20. The summed E-state index contributed by atoms with van der Waals surface area (Å²) < 4.78 is 10.6. The predicted octanol–water partition coefficient (Wildman–Crippen LogP) is 2.35. The Bertz CT molecular complexity index is 701. The van der Waals surface area contributed by atoms with Crippen molar-refractivity contribution in [2.24, 2.45) is 0 Å². The maximum atomic E-state index is 9.95. The third-order valence-corrected chi connectivity index (χ3v) is 4.62. The van der Waals surface area contributed by atoms with E-state index in [0.29, 0.717) is 19.6 Å². The van der Waals surface area contributed by atoms with Gasteiger partial charge in [-0.3, -0.25) is 0 Å². The Morgan fingerprint density at radius 2 is 1.96 bits per heavy atom. The Balaban J connectivity index is 1.65. The molecule has 0 amide bonds.